The van der Waals surface area contributed by atoms with E-state index in [1.165, 1.54) is 175 Å². The molecular formula is C70H143N11O. The molecule has 1 spiro atoms. The number of rotatable bonds is 0. The Morgan fingerprint density at radius 2 is 0.744 bits per heavy atom. The normalized spacial score (nSPS) is 30.1. The number of hydrogen-bond donors (Lipinski definition) is 3. The Labute approximate surface area is 511 Å². The van der Waals surface area contributed by atoms with Gasteiger partial charge in [-0.15, -0.1) is 0 Å². The molecule has 12 rings (SSSR count). The Morgan fingerprint density at radius 1 is 0.329 bits per heavy atom. The van der Waals surface area contributed by atoms with E-state index >= 15 is 0 Å². The molecule has 0 amide bonds. The van der Waals surface area contributed by atoms with Crippen LogP contribution in [0.1, 0.15) is 230 Å². The van der Waals surface area contributed by atoms with Crippen molar-refractivity contribution >= 4 is 0 Å². The fraction of sp³-hybridized carbons (Fsp3) is 1.00. The van der Waals surface area contributed by atoms with Crippen molar-refractivity contribution in [1.82, 2.24) is 55.1 Å². The van der Waals surface area contributed by atoms with E-state index in [-0.39, 0.29) is 0 Å². The minimum absolute atomic E-state index is 0.323. The van der Waals surface area contributed by atoms with Crippen LogP contribution in [0.15, 0.2) is 0 Å². The number of piperidine rings is 1. The summed E-state index contributed by atoms with van der Waals surface area (Å²) in [6.07, 6.45) is 14.3. The first-order valence-corrected chi connectivity index (χ1v) is 34.5. The van der Waals surface area contributed by atoms with Crippen molar-refractivity contribution < 1.29 is 4.74 Å². The first-order valence-electron chi connectivity index (χ1n) is 34.5. The molecule has 0 aromatic rings. The third kappa shape index (κ3) is 22.8. The van der Waals surface area contributed by atoms with E-state index in [0.29, 0.717) is 44.3 Å². The molecule has 12 aliphatic rings. The number of nitrogens with zero attached hydrogens (tertiary/aromatic N) is 8. The van der Waals surface area contributed by atoms with Crippen molar-refractivity contribution in [1.29, 1.82) is 0 Å². The molecule has 6 atom stereocenters. The monoisotopic (exact) mass is 1150 g/mol. The molecule has 11 heterocycles. The molecule has 1 saturated carbocycles. The van der Waals surface area contributed by atoms with Gasteiger partial charge in [-0.05, 0) is 294 Å². The van der Waals surface area contributed by atoms with E-state index in [2.05, 4.69) is 221 Å². The fourth-order valence-corrected chi connectivity index (χ4v) is 14.2. The van der Waals surface area contributed by atoms with Crippen LogP contribution in [0, 0.1) is 23.2 Å². The van der Waals surface area contributed by atoms with Gasteiger partial charge in [-0.3, -0.25) is 39.2 Å². The maximum absolute atomic E-state index is 5.25. The van der Waals surface area contributed by atoms with Crippen LogP contribution in [0.2, 0.25) is 0 Å². The molecule has 82 heavy (non-hydrogen) atoms. The summed E-state index contributed by atoms with van der Waals surface area (Å²) in [6.45, 7) is 81.0. The van der Waals surface area contributed by atoms with Gasteiger partial charge in [-0.25, -0.2) is 0 Å². The lowest BCUT2D eigenvalue weighted by atomic mass is 9.86. The highest BCUT2D eigenvalue weighted by Gasteiger charge is 2.50. The van der Waals surface area contributed by atoms with Crippen LogP contribution in [-0.4, -0.2) is 239 Å². The fourth-order valence-electron chi connectivity index (χ4n) is 14.2. The Kier molecular flexibility index (Phi) is 26.3. The second kappa shape index (κ2) is 29.9. The maximum Gasteiger partial charge on any atom is 0.0594 e. The predicted molar refractivity (Wildman–Crippen MR) is 356 cm³/mol. The highest BCUT2D eigenvalue weighted by atomic mass is 16.5. The van der Waals surface area contributed by atoms with Crippen molar-refractivity contribution in [2.75, 3.05) is 138 Å². The standard InChI is InChI=1S/C10H20N2.C10H19N.2C9H18N2.C9H19N.C8H17NO.C8H17N.C7H15N/c1-10(2,3)12-5-4-8-6-11-7-9(8)12;1-9(2,3)11-7-6-10(8-11)4-5-10;1-9(2,3)11-6-7-4-10-5-8(7)11;1-9(2,3)11-5-7-4-10-8(7)6-11;1-9(2,3)10-7-5-4-6-8-10;1-8(2,3)9-4-6-10-7-5-9;1-8(2,3)9-6-4-5-7-9;1-7(2,3)8-5-4-6-8/h8-9,11H,4-7H2,1-3H3;4-8H2,1-3H3;2*7-8,10H,4-6H2,1-3H3;4-8H2,1-3H3;4-7H2,1-3H3;4-7H2,1-3H3;4-6H2,1-3H3. The molecule has 1 aliphatic carbocycles. The van der Waals surface area contributed by atoms with Crippen LogP contribution >= 0.6 is 0 Å². The number of morpholine rings is 1. The van der Waals surface area contributed by atoms with Crippen LogP contribution < -0.4 is 16.0 Å². The largest absolute Gasteiger partial charge is 0.379 e. The third-order valence-corrected chi connectivity index (χ3v) is 20.8. The summed E-state index contributed by atoms with van der Waals surface area (Å²) >= 11 is 0. The molecule has 12 nitrogen and oxygen atoms in total. The van der Waals surface area contributed by atoms with Crippen LogP contribution in [0.4, 0.5) is 0 Å². The minimum atomic E-state index is 0.323. The van der Waals surface area contributed by atoms with Crippen LogP contribution in [0.3, 0.4) is 0 Å². The predicted octanol–water partition coefficient (Wildman–Crippen LogP) is 11.5. The molecule has 3 N–H and O–H groups in total. The van der Waals surface area contributed by atoms with Gasteiger partial charge >= 0.3 is 0 Å². The molecule has 0 radical (unpaired) electrons. The van der Waals surface area contributed by atoms with Crippen molar-refractivity contribution in [3.8, 4) is 0 Å². The molecule has 0 aromatic heterocycles. The lowest BCUT2D eigenvalue weighted by Gasteiger charge is -2.51. The molecule has 12 fully saturated rings. The highest BCUT2D eigenvalue weighted by molar-refractivity contribution is 5.05. The molecule has 6 unspecified atom stereocenters. The second-order valence-electron chi connectivity index (χ2n) is 35.5. The lowest BCUT2D eigenvalue weighted by molar-refractivity contribution is -0.0266. The second-order valence-corrected chi connectivity index (χ2v) is 35.5. The number of ether oxygens (including phenoxy) is 1. The van der Waals surface area contributed by atoms with Gasteiger partial charge in [0.2, 0.25) is 0 Å². The Bertz CT molecular complexity index is 1720. The first-order chi connectivity index (χ1) is 37.7. The average molecular weight is 1150 g/mol. The number of nitrogens with one attached hydrogen (secondary N) is 3. The summed E-state index contributed by atoms with van der Waals surface area (Å²) < 4.78 is 5.25. The molecule has 11 saturated heterocycles. The van der Waals surface area contributed by atoms with Crippen molar-refractivity contribution in [3.63, 3.8) is 0 Å². The van der Waals surface area contributed by atoms with Crippen LogP contribution in [0.5, 0.6) is 0 Å². The van der Waals surface area contributed by atoms with Crippen LogP contribution in [0.25, 0.3) is 0 Å². The summed E-state index contributed by atoms with van der Waals surface area (Å²) in [4.78, 5) is 20.6. The van der Waals surface area contributed by atoms with Crippen LogP contribution in [-0.2, 0) is 4.74 Å². The number of hydrogen-bond acceptors (Lipinski definition) is 12. The summed E-state index contributed by atoms with van der Waals surface area (Å²) in [5, 5.41) is 10.4. The van der Waals surface area contributed by atoms with Crippen molar-refractivity contribution in [3.05, 3.63) is 0 Å². The van der Waals surface area contributed by atoms with Gasteiger partial charge in [0.25, 0.3) is 0 Å². The van der Waals surface area contributed by atoms with E-state index in [1.807, 2.05) is 0 Å². The van der Waals surface area contributed by atoms with Gasteiger partial charge in [0, 0.05) is 140 Å². The molecule has 484 valence electrons. The van der Waals surface area contributed by atoms with Gasteiger partial charge < -0.3 is 20.7 Å². The molecule has 0 aromatic carbocycles. The Balaban J connectivity index is 0.000000172. The highest BCUT2D eigenvalue weighted by Crippen LogP contribution is 2.53. The smallest absolute Gasteiger partial charge is 0.0594 e. The first kappa shape index (κ1) is 72.3. The number of fused-ring (bicyclic) bond motifs is 3. The average Bonchev–Trinajstić information content (AvgIpc) is 4.17. The Morgan fingerprint density at radius 3 is 1.06 bits per heavy atom. The molecule has 12 heteroatoms. The van der Waals surface area contributed by atoms with E-state index in [1.54, 1.807) is 0 Å². The van der Waals surface area contributed by atoms with Gasteiger partial charge in [-0.2, -0.15) is 0 Å². The topological polar surface area (TPSA) is 71.2 Å². The van der Waals surface area contributed by atoms with Crippen molar-refractivity contribution in [2.24, 2.45) is 23.2 Å². The lowest BCUT2D eigenvalue weighted by Crippen LogP contribution is -2.62. The number of likely N-dealkylation sites (tertiary alicyclic amines) is 7. The van der Waals surface area contributed by atoms with Gasteiger partial charge in [0.05, 0.1) is 13.2 Å². The van der Waals surface area contributed by atoms with Crippen molar-refractivity contribution in [2.45, 2.75) is 293 Å². The summed E-state index contributed by atoms with van der Waals surface area (Å²) in [5.74, 6) is 2.84. The minimum Gasteiger partial charge on any atom is -0.379 e. The van der Waals surface area contributed by atoms with Gasteiger partial charge in [0.1, 0.15) is 0 Å². The zero-order valence-corrected chi connectivity index (χ0v) is 59.4. The summed E-state index contributed by atoms with van der Waals surface area (Å²) in [7, 11) is 0. The van der Waals surface area contributed by atoms with E-state index < -0.39 is 0 Å². The van der Waals surface area contributed by atoms with E-state index in [0.717, 1.165) is 67.6 Å². The van der Waals surface area contributed by atoms with E-state index in [9.17, 15) is 0 Å². The zero-order valence-electron chi connectivity index (χ0n) is 59.4. The zero-order chi connectivity index (χ0) is 61.3. The molecule has 11 aliphatic heterocycles. The Hall–Kier alpha value is -0.480. The maximum atomic E-state index is 5.25. The van der Waals surface area contributed by atoms with E-state index in [4.69, 9.17) is 4.74 Å². The molecule has 0 bridgehead atoms. The summed E-state index contributed by atoms with van der Waals surface area (Å²) in [6, 6.07) is 2.48. The third-order valence-electron chi connectivity index (χ3n) is 20.8. The molecular weight excluding hydrogens is 1010 g/mol. The van der Waals surface area contributed by atoms with Gasteiger partial charge in [0.15, 0.2) is 0 Å². The summed E-state index contributed by atoms with van der Waals surface area (Å²) in [5.41, 5.74) is 3.90. The SMILES string of the molecule is CC(C)(C)N1CC2CNC2C1.CC(C)(C)N1CC2CNCC21.CC(C)(C)N1CCC1.CC(C)(C)N1CCC2(CC2)C1.CC(C)(C)N1CCC2CNCC21.CC(C)(C)N1CCCC1.CC(C)(C)N1CCCCC1.CC(C)(C)N1CCOCC1. The quantitative estimate of drug-likeness (QED) is 0.216. The van der Waals surface area contributed by atoms with Gasteiger partial charge in [-0.1, -0.05) is 6.42 Å².